The summed E-state index contributed by atoms with van der Waals surface area (Å²) in [5.41, 5.74) is 0.969. The van der Waals surface area contributed by atoms with Crippen molar-refractivity contribution in [1.29, 1.82) is 0 Å². The van der Waals surface area contributed by atoms with Crippen molar-refractivity contribution in [2.75, 3.05) is 11.9 Å². The highest BCUT2D eigenvalue weighted by atomic mass is 32.1. The van der Waals surface area contributed by atoms with Crippen molar-refractivity contribution < 1.29 is 9.59 Å². The van der Waals surface area contributed by atoms with Crippen molar-refractivity contribution in [3.63, 3.8) is 0 Å². The minimum Gasteiger partial charge on any atom is -0.351 e. The van der Waals surface area contributed by atoms with Gasteiger partial charge < -0.3 is 10.6 Å². The van der Waals surface area contributed by atoms with Gasteiger partial charge in [-0.3, -0.25) is 9.59 Å². The lowest BCUT2D eigenvalue weighted by Gasteiger charge is -2.03. The second kappa shape index (κ2) is 8.50. The summed E-state index contributed by atoms with van der Waals surface area (Å²) < 4.78 is 0. The van der Waals surface area contributed by atoms with Crippen LogP contribution in [0.15, 0.2) is 47.8 Å². The first-order valence-electron chi connectivity index (χ1n) is 7.73. The van der Waals surface area contributed by atoms with Crippen LogP contribution >= 0.6 is 22.7 Å². The van der Waals surface area contributed by atoms with E-state index in [9.17, 15) is 9.59 Å². The van der Waals surface area contributed by atoms with Gasteiger partial charge in [0.15, 0.2) is 0 Å². The molecule has 2 N–H and O–H groups in total. The molecule has 0 bridgehead atoms. The molecule has 0 fully saturated rings. The maximum Gasteiger partial charge on any atom is 0.261 e. The number of rotatable bonds is 7. The first-order valence-corrected chi connectivity index (χ1v) is 9.42. The van der Waals surface area contributed by atoms with E-state index < -0.39 is 0 Å². The molecule has 0 radical (unpaired) electrons. The average Bonchev–Trinajstić information content (AvgIpc) is 3.31. The summed E-state index contributed by atoms with van der Waals surface area (Å²) in [5.74, 6) is -0.242. The Morgan fingerprint density at radius 2 is 1.88 bits per heavy atom. The van der Waals surface area contributed by atoms with Gasteiger partial charge in [-0.1, -0.05) is 47.7 Å². The first kappa shape index (κ1) is 17.2. The molecule has 0 atom stereocenters. The van der Waals surface area contributed by atoms with Gasteiger partial charge >= 0.3 is 0 Å². The summed E-state index contributed by atoms with van der Waals surface area (Å²) in [5, 5.41) is 16.7. The number of hydrogen-bond acceptors (Lipinski definition) is 6. The number of aromatic nitrogens is 2. The van der Waals surface area contributed by atoms with Gasteiger partial charge in [-0.15, -0.1) is 21.5 Å². The minimum atomic E-state index is -0.138. The molecule has 2 aromatic heterocycles. The van der Waals surface area contributed by atoms with Crippen molar-refractivity contribution >= 4 is 39.6 Å². The Hall–Kier alpha value is -2.58. The van der Waals surface area contributed by atoms with Crippen molar-refractivity contribution in [3.05, 3.63) is 52.7 Å². The average molecular weight is 372 g/mol. The van der Waals surface area contributed by atoms with Crippen molar-refractivity contribution in [2.24, 2.45) is 0 Å². The van der Waals surface area contributed by atoms with Gasteiger partial charge in [0, 0.05) is 18.5 Å². The van der Waals surface area contributed by atoms with E-state index in [2.05, 4.69) is 20.8 Å². The van der Waals surface area contributed by atoms with Crippen LogP contribution in [0.3, 0.4) is 0 Å². The quantitative estimate of drug-likeness (QED) is 0.623. The molecule has 1 aromatic carbocycles. The zero-order valence-electron chi connectivity index (χ0n) is 13.3. The third kappa shape index (κ3) is 4.94. The van der Waals surface area contributed by atoms with E-state index in [4.69, 9.17) is 0 Å². The number of anilines is 1. The fraction of sp³-hybridized carbons (Fsp3) is 0.176. The number of nitrogens with one attached hydrogen (secondary N) is 2. The molecule has 0 aliphatic carbocycles. The molecule has 0 aliphatic heterocycles. The summed E-state index contributed by atoms with van der Waals surface area (Å²) in [6, 6.07) is 13.3. The fourth-order valence-corrected chi connectivity index (χ4v) is 3.50. The second-order valence-electron chi connectivity index (χ2n) is 5.16. The monoisotopic (exact) mass is 372 g/mol. The van der Waals surface area contributed by atoms with Gasteiger partial charge in [-0.25, -0.2) is 0 Å². The van der Waals surface area contributed by atoms with E-state index in [1.54, 1.807) is 6.07 Å². The molecule has 0 unspecified atom stereocenters. The summed E-state index contributed by atoms with van der Waals surface area (Å²) in [6.45, 7) is 0.454. The molecule has 0 spiro atoms. The zero-order chi connectivity index (χ0) is 17.5. The van der Waals surface area contributed by atoms with E-state index >= 15 is 0 Å². The largest absolute Gasteiger partial charge is 0.351 e. The zero-order valence-corrected chi connectivity index (χ0v) is 14.9. The van der Waals surface area contributed by atoms with Crippen molar-refractivity contribution in [3.8, 4) is 10.6 Å². The number of nitrogens with zero attached hydrogens (tertiary/aromatic N) is 2. The van der Waals surface area contributed by atoms with E-state index in [1.807, 2.05) is 41.8 Å². The lowest BCUT2D eigenvalue weighted by atomic mass is 10.2. The molecule has 8 heteroatoms. The predicted octanol–water partition coefficient (Wildman–Crippen LogP) is 3.42. The van der Waals surface area contributed by atoms with Crippen LogP contribution in [0.4, 0.5) is 5.13 Å². The third-order valence-electron chi connectivity index (χ3n) is 3.30. The highest BCUT2D eigenvalue weighted by Crippen LogP contribution is 2.25. The number of amides is 2. The Morgan fingerprint density at radius 3 is 2.64 bits per heavy atom. The van der Waals surface area contributed by atoms with Crippen LogP contribution in [0.1, 0.15) is 22.5 Å². The predicted molar refractivity (Wildman–Crippen MR) is 99.9 cm³/mol. The van der Waals surface area contributed by atoms with Gasteiger partial charge in [-0.05, 0) is 17.9 Å². The van der Waals surface area contributed by atoms with Crippen LogP contribution in [0.5, 0.6) is 0 Å². The van der Waals surface area contributed by atoms with Gasteiger partial charge in [0.2, 0.25) is 11.0 Å². The van der Waals surface area contributed by atoms with Crippen LogP contribution in [-0.2, 0) is 4.79 Å². The van der Waals surface area contributed by atoms with Crippen LogP contribution in [-0.4, -0.2) is 28.6 Å². The number of carbonyl (C=O) groups excluding carboxylic acids is 2. The van der Waals surface area contributed by atoms with Crippen LogP contribution < -0.4 is 10.6 Å². The van der Waals surface area contributed by atoms with E-state index in [-0.39, 0.29) is 11.8 Å². The molecule has 0 saturated heterocycles. The molecule has 0 aliphatic rings. The lowest BCUT2D eigenvalue weighted by molar-refractivity contribution is -0.116. The summed E-state index contributed by atoms with van der Waals surface area (Å²) in [7, 11) is 0. The highest BCUT2D eigenvalue weighted by molar-refractivity contribution is 7.18. The molecular formula is C17H16N4O2S2. The Morgan fingerprint density at radius 1 is 1.04 bits per heavy atom. The second-order valence-corrected chi connectivity index (χ2v) is 7.09. The van der Waals surface area contributed by atoms with E-state index in [1.165, 1.54) is 22.7 Å². The first-order chi connectivity index (χ1) is 12.2. The van der Waals surface area contributed by atoms with E-state index in [0.29, 0.717) is 29.4 Å². The van der Waals surface area contributed by atoms with Gasteiger partial charge in [0.25, 0.3) is 5.91 Å². The summed E-state index contributed by atoms with van der Waals surface area (Å²) in [4.78, 5) is 24.4. The number of benzene rings is 1. The Balaban J connectivity index is 1.41. The van der Waals surface area contributed by atoms with E-state index in [0.717, 1.165) is 10.6 Å². The third-order valence-corrected chi connectivity index (χ3v) is 5.06. The SMILES string of the molecule is O=C(CCCNC(=O)c1cccs1)Nc1nnc(-c2ccccc2)s1. The lowest BCUT2D eigenvalue weighted by Crippen LogP contribution is -2.24. The Bertz CT molecular complexity index is 831. The smallest absolute Gasteiger partial charge is 0.261 e. The van der Waals surface area contributed by atoms with Crippen molar-refractivity contribution in [2.45, 2.75) is 12.8 Å². The maximum atomic E-state index is 11.9. The molecule has 3 rings (SSSR count). The molecule has 25 heavy (non-hydrogen) atoms. The van der Waals surface area contributed by atoms with Gasteiger partial charge in [0.1, 0.15) is 5.01 Å². The molecule has 0 saturated carbocycles. The minimum absolute atomic E-state index is 0.105. The molecule has 128 valence electrons. The number of carbonyl (C=O) groups is 2. The molecule has 6 nitrogen and oxygen atoms in total. The molecule has 2 heterocycles. The van der Waals surface area contributed by atoms with Gasteiger partial charge in [0.05, 0.1) is 4.88 Å². The fourth-order valence-electron chi connectivity index (χ4n) is 2.10. The molecule has 2 amide bonds. The van der Waals surface area contributed by atoms with Crippen LogP contribution in [0.25, 0.3) is 10.6 Å². The highest BCUT2D eigenvalue weighted by Gasteiger charge is 2.10. The van der Waals surface area contributed by atoms with Gasteiger partial charge in [-0.2, -0.15) is 0 Å². The Labute approximate surface area is 152 Å². The normalized spacial score (nSPS) is 10.4. The summed E-state index contributed by atoms with van der Waals surface area (Å²) in [6.07, 6.45) is 0.873. The maximum absolute atomic E-state index is 11.9. The van der Waals surface area contributed by atoms with Crippen LogP contribution in [0.2, 0.25) is 0 Å². The molecule has 3 aromatic rings. The molecular weight excluding hydrogens is 356 g/mol. The standard InChI is InChI=1S/C17H16N4O2S2/c22-14(9-4-10-18-15(23)13-8-5-11-24-13)19-17-21-20-16(25-17)12-6-2-1-3-7-12/h1-3,5-8,11H,4,9-10H2,(H,18,23)(H,19,21,22). The Kier molecular flexibility index (Phi) is 5.86. The topological polar surface area (TPSA) is 84.0 Å². The van der Waals surface area contributed by atoms with Crippen molar-refractivity contribution in [1.82, 2.24) is 15.5 Å². The van der Waals surface area contributed by atoms with Crippen LogP contribution in [0, 0.1) is 0 Å². The number of thiophene rings is 1. The number of hydrogen-bond donors (Lipinski definition) is 2. The summed E-state index contributed by atoms with van der Waals surface area (Å²) >= 11 is 2.73.